The summed E-state index contributed by atoms with van der Waals surface area (Å²) in [6.45, 7) is 4.78. The van der Waals surface area contributed by atoms with Gasteiger partial charge in [-0.15, -0.1) is 0 Å². The highest BCUT2D eigenvalue weighted by Crippen LogP contribution is 2.21. The molecule has 0 aliphatic rings. The predicted molar refractivity (Wildman–Crippen MR) is 80.4 cm³/mol. The van der Waals surface area contributed by atoms with Gasteiger partial charge in [0.2, 0.25) is 0 Å². The van der Waals surface area contributed by atoms with Crippen molar-refractivity contribution in [2.75, 3.05) is 19.6 Å². The highest BCUT2D eigenvalue weighted by atomic mass is 16.3. The number of aliphatic hydroxyl groups excluding tert-OH is 1. The van der Waals surface area contributed by atoms with Crippen molar-refractivity contribution >= 4 is 0 Å². The largest absolute Gasteiger partial charge is 0.460 e. The second-order valence-corrected chi connectivity index (χ2v) is 4.86. The zero-order valence-corrected chi connectivity index (χ0v) is 11.8. The standard InChI is InChI=1S/C16H22N2O2/c1-13(19)11-17-9-10-18-12-15-7-8-16(20-15)14-5-3-2-4-6-14/h2-8,13,17-19H,9-12H2,1H3. The van der Waals surface area contributed by atoms with E-state index in [4.69, 9.17) is 9.52 Å². The van der Waals surface area contributed by atoms with Gasteiger partial charge in [-0.2, -0.15) is 0 Å². The Morgan fingerprint density at radius 2 is 1.80 bits per heavy atom. The Kier molecular flexibility index (Phi) is 5.80. The fourth-order valence-corrected chi connectivity index (χ4v) is 1.93. The molecular weight excluding hydrogens is 252 g/mol. The number of hydrogen-bond acceptors (Lipinski definition) is 4. The molecule has 4 heteroatoms. The van der Waals surface area contributed by atoms with Gasteiger partial charge < -0.3 is 20.2 Å². The molecule has 1 aromatic carbocycles. The third-order valence-corrected chi connectivity index (χ3v) is 2.94. The zero-order valence-electron chi connectivity index (χ0n) is 11.8. The van der Waals surface area contributed by atoms with Crippen LogP contribution in [0.5, 0.6) is 0 Å². The van der Waals surface area contributed by atoms with Crippen LogP contribution < -0.4 is 10.6 Å². The van der Waals surface area contributed by atoms with Crippen LogP contribution in [0.1, 0.15) is 12.7 Å². The highest BCUT2D eigenvalue weighted by molar-refractivity contribution is 5.57. The molecule has 0 bridgehead atoms. The molecule has 1 atom stereocenters. The van der Waals surface area contributed by atoms with Crippen LogP contribution in [0.15, 0.2) is 46.9 Å². The molecule has 0 fully saturated rings. The molecule has 1 aromatic heterocycles. The monoisotopic (exact) mass is 274 g/mol. The first-order valence-corrected chi connectivity index (χ1v) is 6.99. The molecule has 20 heavy (non-hydrogen) atoms. The smallest absolute Gasteiger partial charge is 0.134 e. The van der Waals surface area contributed by atoms with Crippen LogP contribution in [-0.4, -0.2) is 30.8 Å². The Morgan fingerprint density at radius 3 is 2.55 bits per heavy atom. The van der Waals surface area contributed by atoms with Crippen molar-refractivity contribution in [3.63, 3.8) is 0 Å². The maximum absolute atomic E-state index is 9.10. The van der Waals surface area contributed by atoms with E-state index >= 15 is 0 Å². The minimum Gasteiger partial charge on any atom is -0.460 e. The maximum atomic E-state index is 9.10. The molecule has 0 amide bonds. The topological polar surface area (TPSA) is 57.4 Å². The van der Waals surface area contributed by atoms with Gasteiger partial charge in [0.1, 0.15) is 11.5 Å². The van der Waals surface area contributed by atoms with E-state index < -0.39 is 0 Å². The van der Waals surface area contributed by atoms with Gasteiger partial charge in [0.25, 0.3) is 0 Å². The minimum atomic E-state index is -0.298. The van der Waals surface area contributed by atoms with Crippen molar-refractivity contribution in [2.24, 2.45) is 0 Å². The van der Waals surface area contributed by atoms with E-state index in [1.54, 1.807) is 6.92 Å². The van der Waals surface area contributed by atoms with Gasteiger partial charge in [0.15, 0.2) is 0 Å². The Labute approximate surface area is 119 Å². The molecule has 0 aliphatic heterocycles. The summed E-state index contributed by atoms with van der Waals surface area (Å²) in [6.07, 6.45) is -0.298. The maximum Gasteiger partial charge on any atom is 0.134 e. The Hall–Kier alpha value is -1.62. The molecule has 0 saturated heterocycles. The van der Waals surface area contributed by atoms with Gasteiger partial charge in [-0.1, -0.05) is 30.3 Å². The number of rotatable bonds is 8. The number of benzene rings is 1. The van der Waals surface area contributed by atoms with Crippen LogP contribution in [0.25, 0.3) is 11.3 Å². The lowest BCUT2D eigenvalue weighted by Crippen LogP contribution is -2.31. The van der Waals surface area contributed by atoms with E-state index in [1.807, 2.05) is 42.5 Å². The summed E-state index contributed by atoms with van der Waals surface area (Å²) >= 11 is 0. The van der Waals surface area contributed by atoms with E-state index in [9.17, 15) is 0 Å². The lowest BCUT2D eigenvalue weighted by atomic mass is 10.2. The number of hydrogen-bond donors (Lipinski definition) is 3. The summed E-state index contributed by atoms with van der Waals surface area (Å²) in [5.74, 6) is 1.83. The summed E-state index contributed by atoms with van der Waals surface area (Å²) in [5.41, 5.74) is 1.09. The number of nitrogens with one attached hydrogen (secondary N) is 2. The van der Waals surface area contributed by atoms with Crippen LogP contribution in [0.3, 0.4) is 0 Å². The first-order valence-electron chi connectivity index (χ1n) is 6.99. The normalized spacial score (nSPS) is 12.5. The predicted octanol–water partition coefficient (Wildman–Crippen LogP) is 2.01. The molecular formula is C16H22N2O2. The molecule has 2 aromatic rings. The van der Waals surface area contributed by atoms with Crippen LogP contribution in [-0.2, 0) is 6.54 Å². The van der Waals surface area contributed by atoms with Crippen molar-refractivity contribution in [3.8, 4) is 11.3 Å². The number of aliphatic hydroxyl groups is 1. The molecule has 0 saturated carbocycles. The molecule has 0 aliphatic carbocycles. The molecule has 3 N–H and O–H groups in total. The average Bonchev–Trinajstić information content (AvgIpc) is 2.92. The molecule has 1 heterocycles. The Balaban J connectivity index is 1.71. The lowest BCUT2D eigenvalue weighted by Gasteiger charge is -2.07. The molecule has 2 rings (SSSR count). The summed E-state index contributed by atoms with van der Waals surface area (Å²) in [4.78, 5) is 0. The van der Waals surface area contributed by atoms with Gasteiger partial charge >= 0.3 is 0 Å². The molecule has 108 valence electrons. The van der Waals surface area contributed by atoms with Crippen molar-refractivity contribution in [2.45, 2.75) is 19.6 Å². The zero-order chi connectivity index (χ0) is 14.2. The highest BCUT2D eigenvalue weighted by Gasteiger charge is 2.03. The quantitative estimate of drug-likeness (QED) is 0.645. The lowest BCUT2D eigenvalue weighted by molar-refractivity contribution is 0.191. The Morgan fingerprint density at radius 1 is 1.05 bits per heavy atom. The van der Waals surface area contributed by atoms with Gasteiger partial charge in [-0.3, -0.25) is 0 Å². The summed E-state index contributed by atoms with van der Waals surface area (Å²) < 4.78 is 5.79. The molecule has 0 spiro atoms. The first kappa shape index (κ1) is 14.8. The van der Waals surface area contributed by atoms with Crippen LogP contribution in [0.2, 0.25) is 0 Å². The van der Waals surface area contributed by atoms with Gasteiger partial charge in [-0.25, -0.2) is 0 Å². The van der Waals surface area contributed by atoms with E-state index in [1.165, 1.54) is 0 Å². The van der Waals surface area contributed by atoms with Crippen LogP contribution >= 0.6 is 0 Å². The first-order chi connectivity index (χ1) is 9.75. The Bertz CT molecular complexity index is 494. The van der Waals surface area contributed by atoms with E-state index in [-0.39, 0.29) is 6.10 Å². The summed E-state index contributed by atoms with van der Waals surface area (Å²) in [5, 5.41) is 15.6. The van der Waals surface area contributed by atoms with Gasteiger partial charge in [-0.05, 0) is 19.1 Å². The summed E-state index contributed by atoms with van der Waals surface area (Å²) in [7, 11) is 0. The molecule has 0 radical (unpaired) electrons. The fourth-order valence-electron chi connectivity index (χ4n) is 1.93. The van der Waals surface area contributed by atoms with Crippen molar-refractivity contribution in [1.29, 1.82) is 0 Å². The third-order valence-electron chi connectivity index (χ3n) is 2.94. The van der Waals surface area contributed by atoms with E-state index in [0.717, 1.165) is 30.2 Å². The van der Waals surface area contributed by atoms with Crippen LogP contribution in [0.4, 0.5) is 0 Å². The second-order valence-electron chi connectivity index (χ2n) is 4.86. The van der Waals surface area contributed by atoms with Gasteiger partial charge in [0.05, 0.1) is 12.6 Å². The third kappa shape index (κ3) is 4.81. The minimum absolute atomic E-state index is 0.298. The second kappa shape index (κ2) is 7.85. The molecule has 1 unspecified atom stereocenters. The van der Waals surface area contributed by atoms with Crippen LogP contribution in [0, 0.1) is 0 Å². The van der Waals surface area contributed by atoms with Crippen molar-refractivity contribution < 1.29 is 9.52 Å². The van der Waals surface area contributed by atoms with Crippen molar-refractivity contribution in [3.05, 3.63) is 48.2 Å². The average molecular weight is 274 g/mol. The summed E-state index contributed by atoms with van der Waals surface area (Å²) in [6, 6.07) is 14.1. The SMILES string of the molecule is CC(O)CNCCNCc1ccc(-c2ccccc2)o1. The van der Waals surface area contributed by atoms with Crippen molar-refractivity contribution in [1.82, 2.24) is 10.6 Å². The molecule has 4 nitrogen and oxygen atoms in total. The van der Waals surface area contributed by atoms with E-state index in [0.29, 0.717) is 13.1 Å². The fraction of sp³-hybridized carbons (Fsp3) is 0.375. The van der Waals surface area contributed by atoms with E-state index in [2.05, 4.69) is 10.6 Å². The van der Waals surface area contributed by atoms with Gasteiger partial charge in [0, 0.05) is 25.2 Å². The number of furan rings is 1.